The lowest BCUT2D eigenvalue weighted by molar-refractivity contribution is -0.134. The molecule has 2 amide bonds. The van der Waals surface area contributed by atoms with Gasteiger partial charge in [0.1, 0.15) is 11.4 Å². The molecule has 1 aliphatic heterocycles. The van der Waals surface area contributed by atoms with Crippen molar-refractivity contribution in [2.75, 3.05) is 20.2 Å². The van der Waals surface area contributed by atoms with Crippen LogP contribution in [0.5, 0.6) is 5.75 Å². The van der Waals surface area contributed by atoms with Gasteiger partial charge < -0.3 is 15.4 Å². The molecule has 2 heterocycles. The molecule has 150 valence electrons. The molecule has 0 saturated carbocycles. The van der Waals surface area contributed by atoms with E-state index in [0.717, 1.165) is 23.5 Å². The second-order valence-corrected chi connectivity index (χ2v) is 7.08. The van der Waals surface area contributed by atoms with E-state index in [2.05, 4.69) is 20.6 Å². The van der Waals surface area contributed by atoms with Crippen molar-refractivity contribution in [1.29, 1.82) is 0 Å². The number of hydrogen-bond donors (Lipinski definition) is 2. The van der Waals surface area contributed by atoms with Gasteiger partial charge in [-0.05, 0) is 26.0 Å². The van der Waals surface area contributed by atoms with E-state index in [0.29, 0.717) is 13.1 Å². The Morgan fingerprint density at radius 1 is 1.39 bits per heavy atom. The molecule has 28 heavy (non-hydrogen) atoms. The van der Waals surface area contributed by atoms with Crippen molar-refractivity contribution in [2.24, 2.45) is 0 Å². The van der Waals surface area contributed by atoms with Gasteiger partial charge in [0.05, 0.1) is 25.8 Å². The Bertz CT molecular complexity index is 833. The van der Waals surface area contributed by atoms with Crippen molar-refractivity contribution in [3.63, 3.8) is 0 Å². The summed E-state index contributed by atoms with van der Waals surface area (Å²) >= 11 is 0. The number of methoxy groups -OCH3 is 1. The Balaban J connectivity index is 1.59. The average Bonchev–Trinajstić information content (AvgIpc) is 3.16. The van der Waals surface area contributed by atoms with Gasteiger partial charge >= 0.3 is 0 Å². The molecule has 0 radical (unpaired) electrons. The third-order valence-electron chi connectivity index (χ3n) is 4.87. The Hall–Kier alpha value is -2.87. The van der Waals surface area contributed by atoms with Crippen molar-refractivity contribution in [3.05, 3.63) is 42.2 Å². The normalized spacial score (nSPS) is 17.4. The first-order valence-corrected chi connectivity index (χ1v) is 9.46. The first-order valence-electron chi connectivity index (χ1n) is 9.46. The van der Waals surface area contributed by atoms with E-state index in [-0.39, 0.29) is 24.3 Å². The molecule has 8 nitrogen and oxygen atoms in total. The molecule has 1 aliphatic rings. The first-order chi connectivity index (χ1) is 13.5. The molecule has 8 heteroatoms. The minimum Gasteiger partial charge on any atom is -0.494 e. The summed E-state index contributed by atoms with van der Waals surface area (Å²) in [7, 11) is 1.62. The summed E-state index contributed by atoms with van der Waals surface area (Å²) in [6.07, 6.45) is 3.71. The fourth-order valence-electron chi connectivity index (χ4n) is 3.41. The van der Waals surface area contributed by atoms with Crippen molar-refractivity contribution in [1.82, 2.24) is 25.3 Å². The number of aromatic nitrogens is 2. The lowest BCUT2D eigenvalue weighted by Gasteiger charge is -2.37. The molecule has 1 atom stereocenters. The predicted octanol–water partition coefficient (Wildman–Crippen LogP) is 1.10. The number of piperazine rings is 1. The topological polar surface area (TPSA) is 88.5 Å². The van der Waals surface area contributed by atoms with Gasteiger partial charge in [-0.15, -0.1) is 0 Å². The Morgan fingerprint density at radius 3 is 2.93 bits per heavy atom. The summed E-state index contributed by atoms with van der Waals surface area (Å²) in [6.45, 7) is 5.81. The molecule has 1 fully saturated rings. The van der Waals surface area contributed by atoms with Crippen LogP contribution < -0.4 is 15.4 Å². The van der Waals surface area contributed by atoms with Crippen LogP contribution in [0.2, 0.25) is 0 Å². The summed E-state index contributed by atoms with van der Waals surface area (Å²) in [5.41, 5.74) is 1.70. The maximum atomic E-state index is 12.4. The van der Waals surface area contributed by atoms with Gasteiger partial charge in [0.15, 0.2) is 0 Å². The molecule has 3 rings (SSSR count). The van der Waals surface area contributed by atoms with Crippen molar-refractivity contribution < 1.29 is 14.3 Å². The quantitative estimate of drug-likeness (QED) is 0.745. The molecule has 1 aromatic heterocycles. The number of para-hydroxylation sites is 2. The fraction of sp³-hybridized carbons (Fsp3) is 0.450. The summed E-state index contributed by atoms with van der Waals surface area (Å²) in [6, 6.07) is 7.38. The van der Waals surface area contributed by atoms with Crippen LogP contribution in [0.25, 0.3) is 5.69 Å². The monoisotopic (exact) mass is 385 g/mol. The molecule has 2 aromatic rings. The van der Waals surface area contributed by atoms with E-state index in [1.165, 1.54) is 0 Å². The molecule has 1 saturated heterocycles. The smallest absolute Gasteiger partial charge is 0.237 e. The van der Waals surface area contributed by atoms with Gasteiger partial charge in [0.2, 0.25) is 11.8 Å². The molecule has 0 spiro atoms. The largest absolute Gasteiger partial charge is 0.494 e. The zero-order chi connectivity index (χ0) is 20.1. The number of carbonyl (C=O) groups excluding carboxylic acids is 2. The Morgan fingerprint density at radius 2 is 2.18 bits per heavy atom. The summed E-state index contributed by atoms with van der Waals surface area (Å²) < 4.78 is 7.08. The van der Waals surface area contributed by atoms with Crippen LogP contribution in [0.3, 0.4) is 0 Å². The van der Waals surface area contributed by atoms with E-state index >= 15 is 0 Å². The molecule has 1 unspecified atom stereocenters. The summed E-state index contributed by atoms with van der Waals surface area (Å²) in [5, 5.41) is 10.1. The van der Waals surface area contributed by atoms with Gasteiger partial charge in [-0.1, -0.05) is 12.1 Å². The average molecular weight is 385 g/mol. The van der Waals surface area contributed by atoms with Crippen LogP contribution in [0.1, 0.15) is 25.8 Å². The highest BCUT2D eigenvalue weighted by atomic mass is 16.5. The van der Waals surface area contributed by atoms with Gasteiger partial charge in [0, 0.05) is 37.4 Å². The predicted molar refractivity (Wildman–Crippen MR) is 105 cm³/mol. The first kappa shape index (κ1) is 19.9. The van der Waals surface area contributed by atoms with Gasteiger partial charge in [-0.3, -0.25) is 14.5 Å². The van der Waals surface area contributed by atoms with Crippen molar-refractivity contribution in [3.8, 4) is 11.4 Å². The lowest BCUT2D eigenvalue weighted by Crippen LogP contribution is -2.58. The van der Waals surface area contributed by atoms with E-state index in [1.807, 2.05) is 44.3 Å². The minimum absolute atomic E-state index is 0.0842. The minimum atomic E-state index is -0.426. The van der Waals surface area contributed by atoms with Crippen LogP contribution in [0, 0.1) is 0 Å². The number of benzene rings is 1. The van der Waals surface area contributed by atoms with Crippen LogP contribution in [0.4, 0.5) is 0 Å². The maximum absolute atomic E-state index is 12.4. The number of nitrogens with one attached hydrogen (secondary N) is 2. The third kappa shape index (κ3) is 4.51. The zero-order valence-electron chi connectivity index (χ0n) is 16.5. The third-order valence-corrected chi connectivity index (χ3v) is 4.87. The van der Waals surface area contributed by atoms with Crippen LogP contribution in [-0.4, -0.2) is 58.8 Å². The van der Waals surface area contributed by atoms with E-state index < -0.39 is 6.04 Å². The highest BCUT2D eigenvalue weighted by Gasteiger charge is 2.32. The second kappa shape index (κ2) is 8.88. The second-order valence-electron chi connectivity index (χ2n) is 7.08. The standard InChI is InChI=1S/C20H27N5O3/c1-14(2)24-9-8-21-20(27)17(24)10-19(26)22-11-15-12-23-25(13-15)16-6-4-5-7-18(16)28-3/h4-7,12-14,17H,8-11H2,1-3H3,(H,21,27)(H,22,26). The van der Waals surface area contributed by atoms with Crippen LogP contribution in [0.15, 0.2) is 36.7 Å². The SMILES string of the molecule is COc1ccccc1-n1cc(CNC(=O)CC2C(=O)NCCN2C(C)C)cn1. The molecule has 0 aliphatic carbocycles. The molecule has 2 N–H and O–H groups in total. The fourth-order valence-corrected chi connectivity index (χ4v) is 3.41. The van der Waals surface area contributed by atoms with E-state index in [1.54, 1.807) is 18.0 Å². The molecular formula is C20H27N5O3. The van der Waals surface area contributed by atoms with Crippen molar-refractivity contribution >= 4 is 11.8 Å². The number of carbonyl (C=O) groups is 2. The van der Waals surface area contributed by atoms with Crippen molar-refractivity contribution in [2.45, 2.75) is 38.9 Å². The highest BCUT2D eigenvalue weighted by molar-refractivity contribution is 5.88. The Labute approximate surface area is 164 Å². The van der Waals surface area contributed by atoms with Gasteiger partial charge in [0.25, 0.3) is 0 Å². The van der Waals surface area contributed by atoms with Gasteiger partial charge in [-0.25, -0.2) is 4.68 Å². The number of amides is 2. The maximum Gasteiger partial charge on any atom is 0.237 e. The lowest BCUT2D eigenvalue weighted by atomic mass is 10.1. The number of nitrogens with zero attached hydrogens (tertiary/aromatic N) is 3. The molecule has 0 bridgehead atoms. The Kier molecular flexibility index (Phi) is 6.30. The molecular weight excluding hydrogens is 358 g/mol. The van der Waals surface area contributed by atoms with E-state index in [4.69, 9.17) is 4.74 Å². The molecule has 1 aromatic carbocycles. The number of hydrogen-bond acceptors (Lipinski definition) is 5. The number of ether oxygens (including phenoxy) is 1. The van der Waals surface area contributed by atoms with Crippen LogP contribution >= 0.6 is 0 Å². The highest BCUT2D eigenvalue weighted by Crippen LogP contribution is 2.21. The van der Waals surface area contributed by atoms with Gasteiger partial charge in [-0.2, -0.15) is 5.10 Å². The summed E-state index contributed by atoms with van der Waals surface area (Å²) in [5.74, 6) is 0.482. The zero-order valence-corrected chi connectivity index (χ0v) is 16.5. The van der Waals surface area contributed by atoms with Crippen LogP contribution in [-0.2, 0) is 16.1 Å². The number of rotatable bonds is 7. The summed E-state index contributed by atoms with van der Waals surface area (Å²) in [4.78, 5) is 26.7. The van der Waals surface area contributed by atoms with E-state index in [9.17, 15) is 9.59 Å².